The molecule has 2 rings (SSSR count). The first kappa shape index (κ1) is 20.2. The van der Waals surface area contributed by atoms with Gasteiger partial charge in [0.15, 0.2) is 12.4 Å². The third-order valence-electron chi connectivity index (χ3n) is 3.62. The van der Waals surface area contributed by atoms with Gasteiger partial charge in [0.05, 0.1) is 5.56 Å². The molecular weight excluding hydrogens is 359 g/mol. The van der Waals surface area contributed by atoms with Crippen molar-refractivity contribution >= 4 is 17.8 Å². The Kier molecular flexibility index (Phi) is 6.39. The first-order valence-corrected chi connectivity index (χ1v) is 7.99. The minimum atomic E-state index is -4.44. The number of carbonyl (C=O) groups is 2. The highest BCUT2D eigenvalue weighted by Gasteiger charge is 2.30. The number of rotatable bonds is 6. The van der Waals surface area contributed by atoms with Gasteiger partial charge in [-0.15, -0.1) is 0 Å². The van der Waals surface area contributed by atoms with Gasteiger partial charge in [-0.2, -0.15) is 13.2 Å². The molecule has 0 saturated heterocycles. The van der Waals surface area contributed by atoms with Crippen LogP contribution in [0.1, 0.15) is 21.5 Å². The predicted octanol–water partition coefficient (Wildman–Crippen LogP) is 4.07. The van der Waals surface area contributed by atoms with Crippen molar-refractivity contribution in [3.63, 3.8) is 0 Å². The zero-order valence-electron chi connectivity index (χ0n) is 14.8. The van der Waals surface area contributed by atoms with E-state index in [1.165, 1.54) is 35.3 Å². The van der Waals surface area contributed by atoms with Crippen LogP contribution in [0.15, 0.2) is 54.6 Å². The van der Waals surface area contributed by atoms with Crippen LogP contribution in [0.2, 0.25) is 0 Å². The van der Waals surface area contributed by atoms with E-state index in [9.17, 15) is 22.8 Å². The molecule has 0 aliphatic carbocycles. The number of amides is 1. The molecule has 0 atom stereocenters. The normalized spacial score (nSPS) is 11.4. The van der Waals surface area contributed by atoms with E-state index >= 15 is 0 Å². The topological polar surface area (TPSA) is 46.6 Å². The van der Waals surface area contributed by atoms with Crippen LogP contribution in [0.25, 0.3) is 6.08 Å². The van der Waals surface area contributed by atoms with Gasteiger partial charge in [0.2, 0.25) is 0 Å². The maximum absolute atomic E-state index is 12.7. The Morgan fingerprint density at radius 3 is 2.44 bits per heavy atom. The maximum atomic E-state index is 12.7. The summed E-state index contributed by atoms with van der Waals surface area (Å²) in [6, 6.07) is 10.9. The van der Waals surface area contributed by atoms with Gasteiger partial charge in [0.1, 0.15) is 5.75 Å². The molecular formula is C20H18F3NO3. The second-order valence-electron chi connectivity index (χ2n) is 5.93. The summed E-state index contributed by atoms with van der Waals surface area (Å²) in [4.78, 5) is 25.2. The third-order valence-corrected chi connectivity index (χ3v) is 3.62. The second-order valence-corrected chi connectivity index (χ2v) is 5.93. The third kappa shape index (κ3) is 5.99. The van der Waals surface area contributed by atoms with E-state index in [2.05, 4.69) is 0 Å². The number of benzene rings is 2. The van der Waals surface area contributed by atoms with Crippen LogP contribution in [0.3, 0.4) is 0 Å². The van der Waals surface area contributed by atoms with Crippen molar-refractivity contribution in [3.8, 4) is 5.75 Å². The van der Waals surface area contributed by atoms with Crippen LogP contribution >= 0.6 is 0 Å². The first-order valence-electron chi connectivity index (χ1n) is 7.99. The van der Waals surface area contributed by atoms with Gasteiger partial charge in [-0.25, -0.2) is 0 Å². The summed E-state index contributed by atoms with van der Waals surface area (Å²) in [5, 5.41) is 0. The molecule has 7 heteroatoms. The Hall–Kier alpha value is -3.09. The summed E-state index contributed by atoms with van der Waals surface area (Å²) in [5.74, 6) is -0.267. The van der Waals surface area contributed by atoms with E-state index in [4.69, 9.17) is 4.74 Å². The molecule has 2 aromatic carbocycles. The summed E-state index contributed by atoms with van der Waals surface area (Å²) in [7, 11) is 3.20. The van der Waals surface area contributed by atoms with E-state index in [0.29, 0.717) is 11.3 Å². The lowest BCUT2D eigenvalue weighted by molar-refractivity contribution is -0.137. The quantitative estimate of drug-likeness (QED) is 0.563. The zero-order valence-corrected chi connectivity index (χ0v) is 14.8. The average molecular weight is 377 g/mol. The molecule has 0 heterocycles. The Labute approximate surface area is 154 Å². The monoisotopic (exact) mass is 377 g/mol. The lowest BCUT2D eigenvalue weighted by Crippen LogP contribution is -2.27. The number of likely N-dealkylation sites (N-methyl/N-ethyl adjacent to an activating group) is 1. The molecule has 2 aromatic rings. The van der Waals surface area contributed by atoms with Gasteiger partial charge in [0, 0.05) is 19.7 Å². The fourth-order valence-electron chi connectivity index (χ4n) is 2.10. The summed E-state index contributed by atoms with van der Waals surface area (Å²) < 4.78 is 43.5. The van der Waals surface area contributed by atoms with Crippen molar-refractivity contribution in [2.45, 2.75) is 6.18 Å². The molecule has 27 heavy (non-hydrogen) atoms. The fourth-order valence-corrected chi connectivity index (χ4v) is 2.10. The molecule has 142 valence electrons. The van der Waals surface area contributed by atoms with Crippen molar-refractivity contribution in [2.75, 3.05) is 20.7 Å². The Balaban J connectivity index is 2.09. The lowest BCUT2D eigenvalue weighted by atomic mass is 10.1. The zero-order chi connectivity index (χ0) is 20.0. The number of ketones is 1. The molecule has 0 aliphatic heterocycles. The predicted molar refractivity (Wildman–Crippen MR) is 95.4 cm³/mol. The lowest BCUT2D eigenvalue weighted by Gasteiger charge is -2.11. The van der Waals surface area contributed by atoms with E-state index in [1.54, 1.807) is 32.3 Å². The van der Waals surface area contributed by atoms with Gasteiger partial charge >= 0.3 is 6.18 Å². The smallest absolute Gasteiger partial charge is 0.416 e. The minimum absolute atomic E-state index is 0.162. The number of hydrogen-bond donors (Lipinski definition) is 0. The SMILES string of the molecule is CN(C)C(=O)COc1cccc(C(=O)/C=C/c2cccc(C(F)(F)F)c2)c1. The molecule has 0 radical (unpaired) electrons. The molecule has 0 bridgehead atoms. The molecule has 0 spiro atoms. The van der Waals surface area contributed by atoms with Crippen molar-refractivity contribution in [1.29, 1.82) is 0 Å². The van der Waals surface area contributed by atoms with Crippen LogP contribution in [0.5, 0.6) is 5.75 Å². The van der Waals surface area contributed by atoms with Gasteiger partial charge in [-0.1, -0.05) is 30.3 Å². The maximum Gasteiger partial charge on any atom is 0.416 e. The average Bonchev–Trinajstić information content (AvgIpc) is 2.63. The van der Waals surface area contributed by atoms with Crippen molar-refractivity contribution in [2.24, 2.45) is 0 Å². The molecule has 1 amide bonds. The van der Waals surface area contributed by atoms with Crippen LogP contribution in [0, 0.1) is 0 Å². The number of nitrogens with zero attached hydrogens (tertiary/aromatic N) is 1. The Bertz CT molecular complexity index is 858. The highest BCUT2D eigenvalue weighted by molar-refractivity contribution is 6.07. The van der Waals surface area contributed by atoms with Crippen molar-refractivity contribution in [1.82, 2.24) is 4.90 Å². The summed E-state index contributed by atoms with van der Waals surface area (Å²) in [6.45, 7) is -0.162. The van der Waals surface area contributed by atoms with E-state index in [0.717, 1.165) is 12.1 Å². The van der Waals surface area contributed by atoms with E-state index in [-0.39, 0.29) is 18.1 Å². The van der Waals surface area contributed by atoms with Gasteiger partial charge in [0.25, 0.3) is 5.91 Å². The molecule has 0 aliphatic rings. The summed E-state index contributed by atoms with van der Waals surface area (Å²) in [5.41, 5.74) is -0.215. The van der Waals surface area contributed by atoms with E-state index < -0.39 is 17.5 Å². The number of halogens is 3. The summed E-state index contributed by atoms with van der Waals surface area (Å²) >= 11 is 0. The Morgan fingerprint density at radius 2 is 1.78 bits per heavy atom. The fraction of sp³-hybridized carbons (Fsp3) is 0.200. The highest BCUT2D eigenvalue weighted by Crippen LogP contribution is 2.29. The molecule has 0 saturated carbocycles. The number of carbonyl (C=O) groups excluding carboxylic acids is 2. The number of alkyl halides is 3. The summed E-state index contributed by atoms with van der Waals surface area (Å²) in [6.07, 6.45) is -1.93. The van der Waals surface area contributed by atoms with Gasteiger partial charge in [-0.05, 0) is 35.9 Å². The number of allylic oxidation sites excluding steroid dienone is 1. The van der Waals surface area contributed by atoms with Crippen molar-refractivity contribution < 1.29 is 27.5 Å². The number of ether oxygens (including phenoxy) is 1. The van der Waals surface area contributed by atoms with E-state index in [1.807, 2.05) is 0 Å². The van der Waals surface area contributed by atoms with Crippen LogP contribution in [-0.4, -0.2) is 37.3 Å². The molecule has 4 nitrogen and oxygen atoms in total. The first-order chi connectivity index (χ1) is 12.7. The van der Waals surface area contributed by atoms with Crippen LogP contribution < -0.4 is 4.74 Å². The molecule has 0 fully saturated rings. The standard InChI is InChI=1S/C20H18F3NO3/c1-24(2)19(26)13-27-17-8-4-6-15(12-17)18(25)10-9-14-5-3-7-16(11-14)20(21,22)23/h3-12H,13H2,1-2H3/b10-9+. The minimum Gasteiger partial charge on any atom is -0.484 e. The van der Waals surface area contributed by atoms with Crippen LogP contribution in [-0.2, 0) is 11.0 Å². The molecule has 0 N–H and O–H groups in total. The number of hydrogen-bond acceptors (Lipinski definition) is 3. The molecule has 0 unspecified atom stereocenters. The van der Waals surface area contributed by atoms with Gasteiger partial charge in [-0.3, -0.25) is 9.59 Å². The van der Waals surface area contributed by atoms with Gasteiger partial charge < -0.3 is 9.64 Å². The largest absolute Gasteiger partial charge is 0.484 e. The van der Waals surface area contributed by atoms with Crippen LogP contribution in [0.4, 0.5) is 13.2 Å². The highest BCUT2D eigenvalue weighted by atomic mass is 19.4. The van der Waals surface area contributed by atoms with Crippen molar-refractivity contribution in [3.05, 3.63) is 71.3 Å². The Morgan fingerprint density at radius 1 is 1.07 bits per heavy atom. The second kappa shape index (κ2) is 8.53. The molecule has 0 aromatic heterocycles.